The van der Waals surface area contributed by atoms with E-state index in [0.29, 0.717) is 5.92 Å². The molecule has 3 rings (SSSR count). The predicted octanol–water partition coefficient (Wildman–Crippen LogP) is 7.69. The second kappa shape index (κ2) is 8.28. The molecule has 138 valence electrons. The molecule has 0 atom stereocenters. The van der Waals surface area contributed by atoms with Crippen LogP contribution < -0.4 is 0 Å². The molecule has 25 heavy (non-hydrogen) atoms. The molecule has 0 N–H and O–H groups in total. The Kier molecular flexibility index (Phi) is 6.30. The molecule has 1 aromatic rings. The molecule has 0 bridgehead atoms. The first-order chi connectivity index (χ1) is 12.0. The average Bonchev–Trinajstić information content (AvgIpc) is 2.62. The summed E-state index contributed by atoms with van der Waals surface area (Å²) in [6.07, 6.45) is 8.00. The van der Waals surface area contributed by atoms with E-state index in [0.717, 1.165) is 36.2 Å². The first kappa shape index (κ1) is 19.0. The van der Waals surface area contributed by atoms with Crippen LogP contribution >= 0.6 is 15.9 Å². The average molecular weight is 415 g/mol. The Morgan fingerprint density at radius 3 is 1.80 bits per heavy atom. The van der Waals surface area contributed by atoms with Crippen molar-refractivity contribution in [3.63, 3.8) is 0 Å². The van der Waals surface area contributed by atoms with Crippen molar-refractivity contribution < 1.29 is 13.2 Å². The van der Waals surface area contributed by atoms with Crippen molar-refractivity contribution in [2.45, 2.75) is 63.5 Å². The topological polar surface area (TPSA) is 0 Å². The minimum absolute atomic E-state index is 0.436. The van der Waals surface area contributed by atoms with Crippen LogP contribution in [0.25, 0.3) is 0 Å². The van der Waals surface area contributed by atoms with Crippen molar-refractivity contribution >= 4 is 15.9 Å². The summed E-state index contributed by atoms with van der Waals surface area (Å²) in [7, 11) is 0. The van der Waals surface area contributed by atoms with Crippen LogP contribution in [0.2, 0.25) is 0 Å². The normalized spacial score (nSPS) is 31.4. The molecular weight excluding hydrogens is 389 g/mol. The Labute approximate surface area is 157 Å². The number of alkyl halides is 3. The van der Waals surface area contributed by atoms with Crippen LogP contribution in [-0.2, 0) is 6.18 Å². The fourth-order valence-electron chi connectivity index (χ4n) is 4.78. The number of allylic oxidation sites excluding steroid dienone is 1. The van der Waals surface area contributed by atoms with Crippen LogP contribution in [-0.4, -0.2) is 0 Å². The highest BCUT2D eigenvalue weighted by Crippen LogP contribution is 2.44. The van der Waals surface area contributed by atoms with Crippen LogP contribution in [0.5, 0.6) is 0 Å². The van der Waals surface area contributed by atoms with Crippen molar-refractivity contribution in [3.8, 4) is 0 Å². The van der Waals surface area contributed by atoms with Gasteiger partial charge in [0, 0.05) is 0 Å². The Morgan fingerprint density at radius 2 is 1.32 bits per heavy atom. The van der Waals surface area contributed by atoms with Gasteiger partial charge in [-0.3, -0.25) is 0 Å². The number of rotatable bonds is 3. The predicted molar refractivity (Wildman–Crippen MR) is 99.7 cm³/mol. The summed E-state index contributed by atoms with van der Waals surface area (Å²) in [6.45, 7) is 0. The zero-order valence-corrected chi connectivity index (χ0v) is 16.0. The molecule has 0 spiro atoms. The minimum atomic E-state index is -4.24. The Morgan fingerprint density at radius 1 is 0.800 bits per heavy atom. The van der Waals surface area contributed by atoms with Crippen LogP contribution in [0.15, 0.2) is 35.3 Å². The highest BCUT2D eigenvalue weighted by molar-refractivity contribution is 9.11. The lowest BCUT2D eigenvalue weighted by Crippen LogP contribution is -2.25. The number of benzene rings is 1. The van der Waals surface area contributed by atoms with Crippen molar-refractivity contribution in [1.29, 1.82) is 0 Å². The van der Waals surface area contributed by atoms with Gasteiger partial charge in [-0.15, -0.1) is 0 Å². The second-order valence-electron chi connectivity index (χ2n) is 7.72. The number of halogens is 4. The summed E-state index contributed by atoms with van der Waals surface area (Å²) >= 11 is 3.38. The SMILES string of the molecule is FC(F)(F)c1ccc(C2CCC(C3CCC(/C=C/Br)CC3)CC2)cc1. The zero-order valence-electron chi connectivity index (χ0n) is 14.4. The lowest BCUT2D eigenvalue weighted by atomic mass is 9.68. The molecule has 2 aliphatic rings. The number of hydrogen-bond donors (Lipinski definition) is 0. The summed E-state index contributed by atoms with van der Waals surface area (Å²) in [5, 5.41) is 0. The molecule has 0 saturated heterocycles. The Balaban J connectivity index is 1.50. The maximum absolute atomic E-state index is 12.7. The Bertz CT molecular complexity index is 560. The summed E-state index contributed by atoms with van der Waals surface area (Å²) in [4.78, 5) is 1.99. The standard InChI is InChI=1S/C21H26BrF3/c22-14-13-15-1-3-16(4-2-15)17-5-7-18(8-6-17)19-9-11-20(12-10-19)21(23,24)25/h9-18H,1-8H2/b14-13+. The first-order valence-corrected chi connectivity index (χ1v) is 10.3. The monoisotopic (exact) mass is 414 g/mol. The molecule has 0 nitrogen and oxygen atoms in total. The third-order valence-electron chi connectivity index (χ3n) is 6.31. The molecule has 0 heterocycles. The molecule has 0 aliphatic heterocycles. The van der Waals surface area contributed by atoms with Crippen LogP contribution in [0, 0.1) is 17.8 Å². The van der Waals surface area contributed by atoms with E-state index in [1.807, 2.05) is 4.99 Å². The molecule has 0 amide bonds. The second-order valence-corrected chi connectivity index (χ2v) is 8.25. The van der Waals surface area contributed by atoms with Gasteiger partial charge in [0.2, 0.25) is 0 Å². The van der Waals surface area contributed by atoms with Crippen LogP contribution in [0.3, 0.4) is 0 Å². The highest BCUT2D eigenvalue weighted by Gasteiger charge is 2.32. The largest absolute Gasteiger partial charge is 0.416 e. The van der Waals surface area contributed by atoms with Crippen molar-refractivity contribution in [3.05, 3.63) is 46.5 Å². The van der Waals surface area contributed by atoms with E-state index in [1.165, 1.54) is 50.7 Å². The lowest BCUT2D eigenvalue weighted by molar-refractivity contribution is -0.137. The quantitative estimate of drug-likeness (QED) is 0.475. The van der Waals surface area contributed by atoms with Crippen molar-refractivity contribution in [1.82, 2.24) is 0 Å². The molecule has 2 aliphatic carbocycles. The zero-order chi connectivity index (χ0) is 17.9. The van der Waals surface area contributed by atoms with Gasteiger partial charge in [-0.1, -0.05) is 34.1 Å². The van der Waals surface area contributed by atoms with Gasteiger partial charge in [0.05, 0.1) is 5.56 Å². The van der Waals surface area contributed by atoms with E-state index in [2.05, 4.69) is 22.0 Å². The molecule has 4 heteroatoms. The van der Waals surface area contributed by atoms with Gasteiger partial charge < -0.3 is 0 Å². The smallest absolute Gasteiger partial charge is 0.166 e. The third-order valence-corrected chi connectivity index (χ3v) is 6.61. The molecule has 2 fully saturated rings. The molecule has 0 radical (unpaired) electrons. The molecule has 0 unspecified atom stereocenters. The molecular formula is C21H26BrF3. The van der Waals surface area contributed by atoms with Gasteiger partial charge in [0.1, 0.15) is 0 Å². The maximum atomic E-state index is 12.7. The fraction of sp³-hybridized carbons (Fsp3) is 0.619. The van der Waals surface area contributed by atoms with Crippen LogP contribution in [0.4, 0.5) is 13.2 Å². The summed E-state index contributed by atoms with van der Waals surface area (Å²) in [5.41, 5.74) is 0.539. The fourth-order valence-corrected chi connectivity index (χ4v) is 5.21. The van der Waals surface area contributed by atoms with E-state index in [9.17, 15) is 13.2 Å². The first-order valence-electron chi connectivity index (χ1n) is 9.41. The van der Waals surface area contributed by atoms with Gasteiger partial charge in [0.25, 0.3) is 0 Å². The minimum Gasteiger partial charge on any atom is -0.166 e. The summed E-state index contributed by atoms with van der Waals surface area (Å²) < 4.78 is 38.1. The van der Waals surface area contributed by atoms with E-state index >= 15 is 0 Å². The number of hydrogen-bond acceptors (Lipinski definition) is 0. The van der Waals surface area contributed by atoms with Crippen molar-refractivity contribution in [2.24, 2.45) is 17.8 Å². The maximum Gasteiger partial charge on any atom is 0.416 e. The van der Waals surface area contributed by atoms with E-state index in [1.54, 1.807) is 12.1 Å². The lowest BCUT2D eigenvalue weighted by Gasteiger charge is -2.37. The third kappa shape index (κ3) is 4.90. The Hall–Kier alpha value is -0.770. The van der Waals surface area contributed by atoms with E-state index < -0.39 is 11.7 Å². The molecule has 1 aromatic carbocycles. The van der Waals surface area contributed by atoms with Gasteiger partial charge in [-0.25, -0.2) is 0 Å². The van der Waals surface area contributed by atoms with Gasteiger partial charge in [-0.2, -0.15) is 13.2 Å². The van der Waals surface area contributed by atoms with Gasteiger partial charge >= 0.3 is 6.18 Å². The summed E-state index contributed by atoms with van der Waals surface area (Å²) in [5.74, 6) is 2.85. The van der Waals surface area contributed by atoms with E-state index in [4.69, 9.17) is 0 Å². The molecule has 0 aromatic heterocycles. The van der Waals surface area contributed by atoms with Crippen LogP contribution in [0.1, 0.15) is 68.4 Å². The van der Waals surface area contributed by atoms with Gasteiger partial charge in [0.15, 0.2) is 0 Å². The highest BCUT2D eigenvalue weighted by atomic mass is 79.9. The van der Waals surface area contributed by atoms with Crippen molar-refractivity contribution in [2.75, 3.05) is 0 Å². The molecule has 2 saturated carbocycles. The van der Waals surface area contributed by atoms with E-state index in [-0.39, 0.29) is 0 Å². The summed E-state index contributed by atoms with van der Waals surface area (Å²) in [6, 6.07) is 5.84. The van der Waals surface area contributed by atoms with Gasteiger partial charge in [-0.05, 0) is 97.7 Å².